The van der Waals surface area contributed by atoms with Gasteiger partial charge in [0.05, 0.1) is 6.33 Å². The van der Waals surface area contributed by atoms with Crippen LogP contribution >= 0.6 is 11.6 Å². The lowest BCUT2D eigenvalue weighted by molar-refractivity contribution is 0.752. The zero-order chi connectivity index (χ0) is 11.7. The van der Waals surface area contributed by atoms with Crippen molar-refractivity contribution in [3.05, 3.63) is 52.0 Å². The molecule has 0 radical (unpaired) electrons. The molecule has 17 heavy (non-hydrogen) atoms. The van der Waals surface area contributed by atoms with E-state index >= 15 is 0 Å². The fourth-order valence-corrected chi connectivity index (χ4v) is 1.95. The average Bonchev–Trinajstić information content (AvgIpc) is 2.76. The number of fused-ring (bicyclic) bond motifs is 1. The Labute approximate surface area is 103 Å². The Hall–Kier alpha value is -1.81. The van der Waals surface area contributed by atoms with Gasteiger partial charge in [-0.2, -0.15) is 0 Å². The second kappa shape index (κ2) is 4.22. The second-order valence-corrected chi connectivity index (χ2v) is 4.31. The lowest BCUT2D eigenvalue weighted by Crippen LogP contribution is -2.37. The molecule has 0 spiro atoms. The summed E-state index contributed by atoms with van der Waals surface area (Å²) < 4.78 is 2.06. The topological polar surface area (TPSA) is 42.2 Å². The third-order valence-corrected chi connectivity index (χ3v) is 2.93. The minimum atomic E-state index is 0.602. The van der Waals surface area contributed by atoms with E-state index in [4.69, 9.17) is 11.6 Å². The zero-order valence-electron chi connectivity index (χ0n) is 9.10. The van der Waals surface area contributed by atoms with E-state index < -0.39 is 0 Å². The van der Waals surface area contributed by atoms with Crippen LogP contribution in [0.4, 0.5) is 0 Å². The molecule has 1 aliphatic heterocycles. The van der Waals surface area contributed by atoms with Gasteiger partial charge < -0.3 is 9.88 Å². The second-order valence-electron chi connectivity index (χ2n) is 3.87. The van der Waals surface area contributed by atoms with E-state index in [-0.39, 0.29) is 0 Å². The first-order valence-corrected chi connectivity index (χ1v) is 5.74. The van der Waals surface area contributed by atoms with Crippen molar-refractivity contribution in [3.63, 3.8) is 0 Å². The summed E-state index contributed by atoms with van der Waals surface area (Å²) >= 11 is 5.86. The van der Waals surface area contributed by atoms with E-state index in [0.717, 1.165) is 22.4 Å². The highest BCUT2D eigenvalue weighted by atomic mass is 35.5. The monoisotopic (exact) mass is 246 g/mol. The van der Waals surface area contributed by atoms with E-state index in [1.807, 2.05) is 36.8 Å². The van der Waals surface area contributed by atoms with E-state index in [9.17, 15) is 0 Å². The Kier molecular flexibility index (Phi) is 2.57. The summed E-state index contributed by atoms with van der Waals surface area (Å²) in [4.78, 5) is 8.54. The van der Waals surface area contributed by atoms with Gasteiger partial charge in [-0.1, -0.05) is 23.7 Å². The number of halogens is 1. The predicted octanol–water partition coefficient (Wildman–Crippen LogP) is 0.503. The lowest BCUT2D eigenvalue weighted by atomic mass is 10.2. The van der Waals surface area contributed by atoms with Gasteiger partial charge in [0.1, 0.15) is 12.0 Å². The van der Waals surface area contributed by atoms with E-state index in [0.29, 0.717) is 6.67 Å². The first kappa shape index (κ1) is 10.4. The smallest absolute Gasteiger partial charge is 0.176 e. The molecular weight excluding hydrogens is 236 g/mol. The van der Waals surface area contributed by atoms with E-state index in [1.165, 1.54) is 5.56 Å². The molecule has 0 unspecified atom stereocenters. The van der Waals surface area contributed by atoms with Gasteiger partial charge in [0, 0.05) is 17.8 Å². The van der Waals surface area contributed by atoms with Crippen LogP contribution < -0.4 is 16.2 Å². The van der Waals surface area contributed by atoms with Crippen LogP contribution in [-0.2, 0) is 6.54 Å². The van der Waals surface area contributed by atoms with Gasteiger partial charge >= 0.3 is 0 Å². The molecule has 0 saturated heterocycles. The SMILES string of the molecule is Clc1ccc(Cn2cnc3c2=CNCN=3)cc1. The average molecular weight is 247 g/mol. The van der Waals surface area contributed by atoms with Crippen molar-refractivity contribution in [2.75, 3.05) is 6.67 Å². The predicted molar refractivity (Wildman–Crippen MR) is 66.0 cm³/mol. The summed E-state index contributed by atoms with van der Waals surface area (Å²) in [5, 5.41) is 4.86. The Bertz CT molecular complexity index is 642. The fourth-order valence-electron chi connectivity index (χ4n) is 1.83. The summed E-state index contributed by atoms with van der Waals surface area (Å²) in [6.07, 6.45) is 3.76. The summed E-state index contributed by atoms with van der Waals surface area (Å²) in [7, 11) is 0. The molecule has 0 bridgehead atoms. The first-order valence-electron chi connectivity index (χ1n) is 5.36. The number of aromatic nitrogens is 2. The van der Waals surface area contributed by atoms with Crippen molar-refractivity contribution < 1.29 is 0 Å². The molecule has 1 aromatic carbocycles. The van der Waals surface area contributed by atoms with Crippen LogP contribution in [-0.4, -0.2) is 16.2 Å². The largest absolute Gasteiger partial charge is 0.370 e. The Morgan fingerprint density at radius 3 is 2.94 bits per heavy atom. The van der Waals surface area contributed by atoms with Gasteiger partial charge in [0.25, 0.3) is 0 Å². The van der Waals surface area contributed by atoms with Crippen molar-refractivity contribution >= 4 is 17.8 Å². The van der Waals surface area contributed by atoms with Crippen molar-refractivity contribution in [2.45, 2.75) is 6.54 Å². The van der Waals surface area contributed by atoms with Gasteiger partial charge in [-0.05, 0) is 17.7 Å². The van der Waals surface area contributed by atoms with Crippen LogP contribution in [0.25, 0.3) is 6.20 Å². The van der Waals surface area contributed by atoms with Crippen LogP contribution in [0.5, 0.6) is 0 Å². The number of benzene rings is 1. The third-order valence-electron chi connectivity index (χ3n) is 2.68. The van der Waals surface area contributed by atoms with Crippen molar-refractivity contribution in [1.82, 2.24) is 14.9 Å². The molecule has 0 atom stereocenters. The normalized spacial score (nSPS) is 13.2. The molecule has 3 rings (SSSR count). The van der Waals surface area contributed by atoms with Gasteiger partial charge in [-0.25, -0.2) is 9.98 Å². The Balaban J connectivity index is 1.97. The maximum Gasteiger partial charge on any atom is 0.176 e. The number of nitrogens with zero attached hydrogens (tertiary/aromatic N) is 3. The fraction of sp³-hybridized carbons (Fsp3) is 0.167. The Morgan fingerprint density at radius 2 is 2.12 bits per heavy atom. The van der Waals surface area contributed by atoms with Gasteiger partial charge in [0.15, 0.2) is 5.49 Å². The highest BCUT2D eigenvalue weighted by molar-refractivity contribution is 6.30. The van der Waals surface area contributed by atoms with Gasteiger partial charge in [-0.15, -0.1) is 0 Å². The summed E-state index contributed by atoms with van der Waals surface area (Å²) in [5.41, 5.74) is 1.99. The molecule has 0 aliphatic carbocycles. The number of imidazole rings is 1. The number of nitrogens with one attached hydrogen (secondary N) is 1. The summed E-state index contributed by atoms with van der Waals surface area (Å²) in [5.74, 6) is 0. The molecule has 4 nitrogen and oxygen atoms in total. The molecule has 86 valence electrons. The van der Waals surface area contributed by atoms with Crippen LogP contribution in [0.1, 0.15) is 5.56 Å². The molecule has 1 aromatic heterocycles. The van der Waals surface area contributed by atoms with Crippen molar-refractivity contribution in [1.29, 1.82) is 0 Å². The third kappa shape index (κ3) is 2.03. The number of rotatable bonds is 2. The van der Waals surface area contributed by atoms with E-state index in [1.54, 1.807) is 0 Å². The molecule has 0 saturated carbocycles. The molecule has 1 aliphatic rings. The Morgan fingerprint density at radius 1 is 1.29 bits per heavy atom. The van der Waals surface area contributed by atoms with Gasteiger partial charge in [-0.3, -0.25) is 0 Å². The maximum absolute atomic E-state index is 5.86. The zero-order valence-corrected chi connectivity index (χ0v) is 9.85. The minimum Gasteiger partial charge on any atom is -0.370 e. The molecular formula is C12H11ClN4. The van der Waals surface area contributed by atoms with Crippen molar-refractivity contribution in [3.8, 4) is 0 Å². The van der Waals surface area contributed by atoms with Crippen molar-refractivity contribution in [2.24, 2.45) is 4.99 Å². The van der Waals surface area contributed by atoms with E-state index in [2.05, 4.69) is 19.9 Å². The van der Waals surface area contributed by atoms with Crippen LogP contribution in [0.3, 0.4) is 0 Å². The molecule has 2 heterocycles. The van der Waals surface area contributed by atoms with Crippen LogP contribution in [0, 0.1) is 0 Å². The van der Waals surface area contributed by atoms with Gasteiger partial charge in [0.2, 0.25) is 0 Å². The molecule has 2 aromatic rings. The minimum absolute atomic E-state index is 0.602. The molecule has 0 amide bonds. The molecule has 0 fully saturated rings. The van der Waals surface area contributed by atoms with Crippen LogP contribution in [0.15, 0.2) is 35.6 Å². The first-order chi connectivity index (χ1) is 8.33. The standard InChI is InChI=1S/C12H11ClN4/c13-10-3-1-9(2-4-10)6-17-8-16-12-11(17)5-14-7-15-12/h1-5,8,14H,6-7H2. The molecule has 5 heteroatoms. The summed E-state index contributed by atoms with van der Waals surface area (Å²) in [6, 6.07) is 7.82. The maximum atomic E-state index is 5.86. The highest BCUT2D eigenvalue weighted by Gasteiger charge is 2.02. The lowest BCUT2D eigenvalue weighted by Gasteiger charge is -2.05. The number of hydrogen-bond acceptors (Lipinski definition) is 3. The summed E-state index contributed by atoms with van der Waals surface area (Å²) in [6.45, 7) is 1.37. The number of hydrogen-bond donors (Lipinski definition) is 1. The highest BCUT2D eigenvalue weighted by Crippen LogP contribution is 2.09. The molecule has 1 N–H and O–H groups in total. The van der Waals surface area contributed by atoms with Crippen LogP contribution in [0.2, 0.25) is 5.02 Å². The quantitative estimate of drug-likeness (QED) is 0.839.